The summed E-state index contributed by atoms with van der Waals surface area (Å²) in [5.74, 6) is -0.416. The highest BCUT2D eigenvalue weighted by molar-refractivity contribution is 7.92. The molecular formula is C23H19N3O3S. The van der Waals surface area contributed by atoms with E-state index in [2.05, 4.69) is 15.0 Å². The van der Waals surface area contributed by atoms with Crippen molar-refractivity contribution in [3.63, 3.8) is 0 Å². The number of pyridine rings is 1. The zero-order valence-corrected chi connectivity index (χ0v) is 17.0. The lowest BCUT2D eigenvalue weighted by Gasteiger charge is -2.11. The first-order chi connectivity index (χ1) is 14.4. The van der Waals surface area contributed by atoms with Gasteiger partial charge in [0.05, 0.1) is 16.1 Å². The van der Waals surface area contributed by atoms with Crippen molar-refractivity contribution in [3.05, 3.63) is 96.2 Å². The van der Waals surface area contributed by atoms with Crippen molar-refractivity contribution in [2.24, 2.45) is 0 Å². The number of nitrogens with zero attached hydrogens (tertiary/aromatic N) is 1. The number of rotatable bonds is 5. The number of amides is 1. The quantitative estimate of drug-likeness (QED) is 0.497. The molecule has 150 valence electrons. The van der Waals surface area contributed by atoms with E-state index in [9.17, 15) is 13.2 Å². The number of aryl methyl sites for hydroxylation is 1. The first kappa shape index (κ1) is 19.6. The first-order valence-corrected chi connectivity index (χ1v) is 10.8. The van der Waals surface area contributed by atoms with Crippen molar-refractivity contribution in [3.8, 4) is 0 Å². The lowest BCUT2D eigenvalue weighted by molar-refractivity contribution is 0.102. The van der Waals surface area contributed by atoms with Gasteiger partial charge < -0.3 is 5.32 Å². The maximum absolute atomic E-state index is 12.8. The van der Waals surface area contributed by atoms with Crippen molar-refractivity contribution in [2.45, 2.75) is 11.8 Å². The summed E-state index contributed by atoms with van der Waals surface area (Å²) in [6.07, 6.45) is 1.65. The third kappa shape index (κ3) is 4.16. The minimum atomic E-state index is -3.83. The SMILES string of the molecule is Cc1ccc(NS(=O)(=O)c2cccc(C(=O)Nc3cccc4cccnc34)c2)cc1. The summed E-state index contributed by atoms with van der Waals surface area (Å²) < 4.78 is 28.0. The van der Waals surface area contributed by atoms with Crippen LogP contribution in [-0.4, -0.2) is 19.3 Å². The van der Waals surface area contributed by atoms with Crippen molar-refractivity contribution in [1.82, 2.24) is 4.98 Å². The molecule has 0 aliphatic rings. The molecule has 0 radical (unpaired) electrons. The molecule has 0 spiro atoms. The van der Waals surface area contributed by atoms with Gasteiger partial charge in [-0.25, -0.2) is 8.42 Å². The second-order valence-corrected chi connectivity index (χ2v) is 8.52. The van der Waals surface area contributed by atoms with Gasteiger partial charge in [0.1, 0.15) is 0 Å². The third-order valence-corrected chi connectivity index (χ3v) is 5.97. The van der Waals surface area contributed by atoms with Gasteiger partial charge >= 0.3 is 0 Å². The number of nitrogens with one attached hydrogen (secondary N) is 2. The van der Waals surface area contributed by atoms with Crippen LogP contribution in [0.1, 0.15) is 15.9 Å². The Hall–Kier alpha value is -3.71. The minimum absolute atomic E-state index is 0.00627. The molecule has 0 atom stereocenters. The van der Waals surface area contributed by atoms with Crippen molar-refractivity contribution in [2.75, 3.05) is 10.0 Å². The van der Waals surface area contributed by atoms with Crippen LogP contribution in [0.15, 0.2) is 90.0 Å². The Labute approximate surface area is 174 Å². The standard InChI is InChI=1S/C23H19N3O3S/c1-16-10-12-19(13-11-16)26-30(28,29)20-8-2-6-18(15-20)23(27)25-21-9-3-5-17-7-4-14-24-22(17)21/h2-15,26H,1H3,(H,25,27). The normalized spacial score (nSPS) is 11.2. The second-order valence-electron chi connectivity index (χ2n) is 6.83. The van der Waals surface area contributed by atoms with E-state index in [0.717, 1.165) is 10.9 Å². The Kier molecular flexibility index (Phi) is 5.20. The average molecular weight is 417 g/mol. The molecule has 1 heterocycles. The summed E-state index contributed by atoms with van der Waals surface area (Å²) in [5.41, 5.74) is 2.94. The van der Waals surface area contributed by atoms with Gasteiger partial charge in [-0.1, -0.05) is 42.0 Å². The Morgan fingerprint density at radius 3 is 2.43 bits per heavy atom. The molecule has 0 fully saturated rings. The molecule has 4 rings (SSSR count). The highest BCUT2D eigenvalue weighted by Gasteiger charge is 2.17. The topological polar surface area (TPSA) is 88.2 Å². The van der Waals surface area contributed by atoms with Crippen LogP contribution >= 0.6 is 0 Å². The Bertz CT molecular complexity index is 1330. The average Bonchev–Trinajstić information content (AvgIpc) is 2.75. The highest BCUT2D eigenvalue weighted by Crippen LogP contribution is 2.22. The van der Waals surface area contributed by atoms with Gasteiger partial charge in [-0.05, 0) is 49.4 Å². The molecule has 0 bridgehead atoms. The van der Waals surface area contributed by atoms with E-state index in [4.69, 9.17) is 0 Å². The monoisotopic (exact) mass is 417 g/mol. The molecule has 0 saturated heterocycles. The van der Waals surface area contributed by atoms with Crippen LogP contribution in [0.4, 0.5) is 11.4 Å². The molecule has 30 heavy (non-hydrogen) atoms. The number of para-hydroxylation sites is 1. The van der Waals surface area contributed by atoms with Crippen LogP contribution in [0.2, 0.25) is 0 Å². The van der Waals surface area contributed by atoms with E-state index >= 15 is 0 Å². The fraction of sp³-hybridized carbons (Fsp3) is 0.0435. The molecule has 0 saturated carbocycles. The molecule has 4 aromatic rings. The van der Waals surface area contributed by atoms with E-state index < -0.39 is 15.9 Å². The zero-order valence-electron chi connectivity index (χ0n) is 16.2. The van der Waals surface area contributed by atoms with Crippen LogP contribution in [0.25, 0.3) is 10.9 Å². The summed E-state index contributed by atoms with van der Waals surface area (Å²) in [7, 11) is -3.83. The molecule has 7 heteroatoms. The molecule has 6 nitrogen and oxygen atoms in total. The van der Waals surface area contributed by atoms with E-state index in [1.54, 1.807) is 36.5 Å². The number of aromatic nitrogens is 1. The Morgan fingerprint density at radius 1 is 0.900 bits per heavy atom. The van der Waals surface area contributed by atoms with Gasteiger partial charge in [-0.2, -0.15) is 0 Å². The summed E-state index contributed by atoms with van der Waals surface area (Å²) in [6, 6.07) is 22.1. The van der Waals surface area contributed by atoms with Crippen LogP contribution in [0, 0.1) is 6.92 Å². The number of hydrogen-bond acceptors (Lipinski definition) is 4. The van der Waals surface area contributed by atoms with Crippen molar-refractivity contribution in [1.29, 1.82) is 0 Å². The van der Waals surface area contributed by atoms with E-state index in [-0.39, 0.29) is 10.5 Å². The molecule has 3 aromatic carbocycles. The van der Waals surface area contributed by atoms with Crippen LogP contribution in [-0.2, 0) is 10.0 Å². The van der Waals surface area contributed by atoms with Crippen molar-refractivity contribution < 1.29 is 13.2 Å². The molecular weight excluding hydrogens is 398 g/mol. The van der Waals surface area contributed by atoms with E-state index in [1.807, 2.05) is 43.3 Å². The van der Waals surface area contributed by atoms with Gasteiger partial charge in [0.25, 0.3) is 15.9 Å². The predicted molar refractivity (Wildman–Crippen MR) is 118 cm³/mol. The number of sulfonamides is 1. The summed E-state index contributed by atoms with van der Waals surface area (Å²) in [5, 5.41) is 3.72. The summed E-state index contributed by atoms with van der Waals surface area (Å²) in [6.45, 7) is 1.92. The molecule has 0 aliphatic carbocycles. The number of carbonyl (C=O) groups is 1. The lowest BCUT2D eigenvalue weighted by Crippen LogP contribution is -2.16. The fourth-order valence-corrected chi connectivity index (χ4v) is 4.14. The predicted octanol–water partition coefficient (Wildman–Crippen LogP) is 4.60. The van der Waals surface area contributed by atoms with Crippen molar-refractivity contribution >= 4 is 38.2 Å². The smallest absolute Gasteiger partial charge is 0.261 e. The Morgan fingerprint density at radius 2 is 1.63 bits per heavy atom. The molecule has 2 N–H and O–H groups in total. The number of anilines is 2. The van der Waals surface area contributed by atoms with Gasteiger partial charge in [0.2, 0.25) is 0 Å². The highest BCUT2D eigenvalue weighted by atomic mass is 32.2. The van der Waals surface area contributed by atoms with Gasteiger partial charge in [-0.15, -0.1) is 0 Å². The molecule has 0 aliphatic heterocycles. The summed E-state index contributed by atoms with van der Waals surface area (Å²) >= 11 is 0. The largest absolute Gasteiger partial charge is 0.320 e. The van der Waals surface area contributed by atoms with E-state index in [0.29, 0.717) is 16.9 Å². The zero-order chi connectivity index (χ0) is 21.1. The van der Waals surface area contributed by atoms with Crippen LogP contribution < -0.4 is 10.0 Å². The van der Waals surface area contributed by atoms with Gasteiger partial charge in [0.15, 0.2) is 0 Å². The maximum Gasteiger partial charge on any atom is 0.261 e. The lowest BCUT2D eigenvalue weighted by atomic mass is 10.1. The first-order valence-electron chi connectivity index (χ1n) is 9.27. The molecule has 1 amide bonds. The minimum Gasteiger partial charge on any atom is -0.320 e. The third-order valence-electron chi connectivity index (χ3n) is 4.59. The Balaban J connectivity index is 1.59. The maximum atomic E-state index is 12.8. The van der Waals surface area contributed by atoms with Crippen LogP contribution in [0.3, 0.4) is 0 Å². The van der Waals surface area contributed by atoms with Gasteiger partial charge in [-0.3, -0.25) is 14.5 Å². The van der Waals surface area contributed by atoms with Gasteiger partial charge in [0, 0.05) is 22.8 Å². The number of fused-ring (bicyclic) bond motifs is 1. The molecule has 0 unspecified atom stereocenters. The van der Waals surface area contributed by atoms with Crippen LogP contribution in [0.5, 0.6) is 0 Å². The van der Waals surface area contributed by atoms with E-state index in [1.165, 1.54) is 12.1 Å². The number of carbonyl (C=O) groups excluding carboxylic acids is 1. The number of benzene rings is 3. The molecule has 1 aromatic heterocycles. The number of hydrogen-bond donors (Lipinski definition) is 2. The second kappa shape index (κ2) is 7.96. The fourth-order valence-electron chi connectivity index (χ4n) is 3.04. The summed E-state index contributed by atoms with van der Waals surface area (Å²) in [4.78, 5) is 17.1.